The molecule has 0 aromatic carbocycles. The molecule has 0 rings (SSSR count). The van der Waals surface area contributed by atoms with Gasteiger partial charge in [0.25, 0.3) is 0 Å². The first-order chi connectivity index (χ1) is 9.37. The molecule has 0 aromatic heterocycles. The molecule has 0 spiro atoms. The molecule has 0 fully saturated rings. The Morgan fingerprint density at radius 3 is 1.95 bits per heavy atom. The van der Waals surface area contributed by atoms with Crippen molar-refractivity contribution in [2.45, 2.75) is 59.2 Å². The lowest BCUT2D eigenvalue weighted by atomic mass is 9.73. The summed E-state index contributed by atoms with van der Waals surface area (Å²) in [6.45, 7) is 8.33. The van der Waals surface area contributed by atoms with Gasteiger partial charge >= 0.3 is 6.18 Å². The van der Waals surface area contributed by atoms with Gasteiger partial charge in [0.05, 0.1) is 17.9 Å². The lowest BCUT2D eigenvalue weighted by molar-refractivity contribution is -0.138. The van der Waals surface area contributed by atoms with Gasteiger partial charge in [-0.3, -0.25) is 0 Å². The number of oxime groups is 1. The summed E-state index contributed by atoms with van der Waals surface area (Å²) in [4.78, 5) is 5.19. The van der Waals surface area contributed by atoms with Gasteiger partial charge in [0.15, 0.2) is 5.41 Å². The van der Waals surface area contributed by atoms with Crippen LogP contribution in [0.1, 0.15) is 47.5 Å². The molecule has 4 nitrogen and oxygen atoms in total. The van der Waals surface area contributed by atoms with E-state index < -0.39 is 36.0 Å². The van der Waals surface area contributed by atoms with E-state index in [9.17, 15) is 23.7 Å². The van der Waals surface area contributed by atoms with Crippen molar-refractivity contribution in [1.82, 2.24) is 0 Å². The van der Waals surface area contributed by atoms with Crippen LogP contribution in [-0.4, -0.2) is 17.5 Å². The second-order valence-electron chi connectivity index (χ2n) is 5.97. The fraction of sp³-hybridized carbons (Fsp3) is 0.786. The second-order valence-corrected chi connectivity index (χ2v) is 5.97. The molecular weight excluding hydrogens is 283 g/mol. The summed E-state index contributed by atoms with van der Waals surface area (Å²) in [6.07, 6.45) is -6.19. The first-order valence-electron chi connectivity index (χ1n) is 6.49. The normalized spacial score (nSPS) is 15.0. The molecule has 1 unspecified atom stereocenters. The van der Waals surface area contributed by atoms with Gasteiger partial charge in [-0.2, -0.15) is 23.7 Å². The summed E-state index contributed by atoms with van der Waals surface area (Å²) in [5.74, 6) is -0.766. The van der Waals surface area contributed by atoms with Crippen LogP contribution < -0.4 is 0 Å². The van der Waals surface area contributed by atoms with Crippen LogP contribution in [0.4, 0.5) is 13.2 Å². The third kappa shape index (κ3) is 6.48. The van der Waals surface area contributed by atoms with E-state index in [4.69, 9.17) is 4.84 Å². The fourth-order valence-electron chi connectivity index (χ4n) is 1.53. The maximum atomic E-state index is 12.4. The molecule has 0 aliphatic heterocycles. The Bertz CT molecular complexity index is 450. The van der Waals surface area contributed by atoms with Crippen molar-refractivity contribution >= 4 is 5.71 Å². The van der Waals surface area contributed by atoms with Gasteiger partial charge in [-0.25, -0.2) is 0 Å². The Morgan fingerprint density at radius 1 is 1.14 bits per heavy atom. The summed E-state index contributed by atoms with van der Waals surface area (Å²) in [5.41, 5.74) is -2.02. The number of nitrogens with zero attached hydrogens (tertiary/aromatic N) is 3. The van der Waals surface area contributed by atoms with Crippen molar-refractivity contribution in [3.8, 4) is 12.1 Å². The van der Waals surface area contributed by atoms with Crippen LogP contribution in [-0.2, 0) is 4.84 Å². The molecule has 0 bridgehead atoms. The molecule has 0 heterocycles. The van der Waals surface area contributed by atoms with Crippen molar-refractivity contribution in [3.05, 3.63) is 0 Å². The van der Waals surface area contributed by atoms with E-state index in [0.29, 0.717) is 5.71 Å². The third-order valence-electron chi connectivity index (χ3n) is 3.03. The number of rotatable bonds is 5. The molecule has 1 atom stereocenters. The average molecular weight is 303 g/mol. The number of alkyl halides is 3. The minimum atomic E-state index is -4.41. The van der Waals surface area contributed by atoms with Gasteiger partial charge in [-0.1, -0.05) is 12.1 Å². The minimum Gasteiger partial charge on any atom is -0.390 e. The van der Waals surface area contributed by atoms with Crippen LogP contribution in [0.5, 0.6) is 0 Å². The van der Waals surface area contributed by atoms with Crippen molar-refractivity contribution < 1.29 is 18.0 Å². The van der Waals surface area contributed by atoms with Crippen LogP contribution >= 0.6 is 0 Å². The molecule has 0 saturated carbocycles. The summed E-state index contributed by atoms with van der Waals surface area (Å²) in [5, 5.41) is 22.2. The van der Waals surface area contributed by atoms with Crippen LogP contribution in [0.15, 0.2) is 5.16 Å². The molecule has 0 aromatic rings. The Kier molecular flexibility index (Phi) is 6.23. The Labute approximate surface area is 123 Å². The van der Waals surface area contributed by atoms with Gasteiger partial charge in [0.1, 0.15) is 5.60 Å². The highest BCUT2D eigenvalue weighted by Gasteiger charge is 2.42. The largest absolute Gasteiger partial charge is 0.390 e. The third-order valence-corrected chi connectivity index (χ3v) is 3.03. The highest BCUT2D eigenvalue weighted by molar-refractivity contribution is 5.85. The summed E-state index contributed by atoms with van der Waals surface area (Å²) >= 11 is 0. The van der Waals surface area contributed by atoms with Crippen molar-refractivity contribution in [2.24, 2.45) is 16.5 Å². The zero-order chi connectivity index (χ0) is 16.9. The smallest absolute Gasteiger partial charge is 0.389 e. The fourth-order valence-corrected chi connectivity index (χ4v) is 1.53. The summed E-state index contributed by atoms with van der Waals surface area (Å²) < 4.78 is 37.1. The van der Waals surface area contributed by atoms with Crippen LogP contribution in [0.3, 0.4) is 0 Å². The van der Waals surface area contributed by atoms with Crippen molar-refractivity contribution in [3.63, 3.8) is 0 Å². The van der Waals surface area contributed by atoms with E-state index in [1.165, 1.54) is 13.8 Å². The molecule has 118 valence electrons. The van der Waals surface area contributed by atoms with E-state index in [2.05, 4.69) is 5.16 Å². The van der Waals surface area contributed by atoms with Gasteiger partial charge < -0.3 is 4.84 Å². The molecular formula is C14H20F3N3O. The van der Waals surface area contributed by atoms with Gasteiger partial charge in [-0.05, 0) is 34.1 Å². The number of nitriles is 2. The predicted molar refractivity (Wildman–Crippen MR) is 72.1 cm³/mol. The highest BCUT2D eigenvalue weighted by Crippen LogP contribution is 2.37. The average Bonchev–Trinajstić information content (AvgIpc) is 2.35. The van der Waals surface area contributed by atoms with Gasteiger partial charge in [0.2, 0.25) is 0 Å². The second kappa shape index (κ2) is 6.80. The zero-order valence-electron chi connectivity index (χ0n) is 12.9. The quantitative estimate of drug-likeness (QED) is 0.565. The lowest BCUT2D eigenvalue weighted by Crippen LogP contribution is -2.32. The molecule has 0 aliphatic rings. The lowest BCUT2D eigenvalue weighted by Gasteiger charge is -2.27. The van der Waals surface area contributed by atoms with Crippen molar-refractivity contribution in [1.29, 1.82) is 10.5 Å². The van der Waals surface area contributed by atoms with Crippen LogP contribution in [0.2, 0.25) is 0 Å². The molecule has 7 heteroatoms. The first-order valence-corrected chi connectivity index (χ1v) is 6.49. The Hall–Kier alpha value is -1.76. The molecule has 21 heavy (non-hydrogen) atoms. The highest BCUT2D eigenvalue weighted by atomic mass is 19.4. The molecule has 0 N–H and O–H groups in total. The van der Waals surface area contributed by atoms with Gasteiger partial charge in [0, 0.05) is 12.3 Å². The summed E-state index contributed by atoms with van der Waals surface area (Å²) in [6, 6.07) is 3.44. The standard InChI is InChI=1S/C14H20F3N3O/c1-10(11(2)20-21-12(3,4)5)13(8-18,9-19)6-7-14(15,16)17/h10H,6-7H2,1-5H3. The maximum absolute atomic E-state index is 12.4. The van der Waals surface area contributed by atoms with E-state index >= 15 is 0 Å². The monoisotopic (exact) mass is 303 g/mol. The van der Waals surface area contributed by atoms with E-state index in [1.807, 2.05) is 0 Å². The molecule has 0 aliphatic carbocycles. The molecule has 0 amide bonds. The SMILES string of the molecule is CC(=NOC(C)(C)C)C(C)C(C#N)(C#N)CCC(F)(F)F. The molecule has 0 radical (unpaired) electrons. The maximum Gasteiger partial charge on any atom is 0.389 e. The van der Waals surface area contributed by atoms with Crippen LogP contribution in [0.25, 0.3) is 0 Å². The topological polar surface area (TPSA) is 69.2 Å². The van der Waals surface area contributed by atoms with E-state index in [1.54, 1.807) is 32.9 Å². The van der Waals surface area contributed by atoms with E-state index in [-0.39, 0.29) is 0 Å². The Morgan fingerprint density at radius 2 is 1.62 bits per heavy atom. The predicted octanol–water partition coefficient (Wildman–Crippen LogP) is 4.19. The minimum absolute atomic E-state index is 0.315. The number of hydrogen-bond donors (Lipinski definition) is 0. The number of hydrogen-bond acceptors (Lipinski definition) is 4. The van der Waals surface area contributed by atoms with Crippen LogP contribution in [0, 0.1) is 34.0 Å². The first kappa shape index (κ1) is 19.2. The summed E-state index contributed by atoms with van der Waals surface area (Å²) in [7, 11) is 0. The zero-order valence-corrected chi connectivity index (χ0v) is 12.9. The van der Waals surface area contributed by atoms with Crippen molar-refractivity contribution in [2.75, 3.05) is 0 Å². The molecule has 0 saturated heterocycles. The number of halogens is 3. The Balaban J connectivity index is 5.21. The van der Waals surface area contributed by atoms with E-state index in [0.717, 1.165) is 0 Å². The van der Waals surface area contributed by atoms with Gasteiger partial charge in [-0.15, -0.1) is 0 Å².